The van der Waals surface area contributed by atoms with E-state index in [-0.39, 0.29) is 6.61 Å². The van der Waals surface area contributed by atoms with Crippen LogP contribution in [-0.2, 0) is 19.7 Å². The summed E-state index contributed by atoms with van der Waals surface area (Å²) in [5.74, 6) is -1.03. The molecule has 0 unspecified atom stereocenters. The molecule has 0 aromatic heterocycles. The van der Waals surface area contributed by atoms with E-state index in [1.54, 1.807) is 56.3 Å². The molecule has 0 atom stereocenters. The standard InChI is InChI=1S/C20H25N3O5S/c1-5-28-20(25)16-12-11-15(2)18(13-16)21-19(24)14-23(29(26,27)22(3)4)17-9-7-6-8-10-17/h6-13H,5,14H2,1-4H3,(H,21,24). The summed E-state index contributed by atoms with van der Waals surface area (Å²) in [6, 6.07) is 13.2. The van der Waals surface area contributed by atoms with Crippen LogP contribution in [0.5, 0.6) is 0 Å². The number of benzene rings is 2. The van der Waals surface area contributed by atoms with E-state index in [1.165, 1.54) is 20.2 Å². The van der Waals surface area contributed by atoms with Crippen LogP contribution in [0.4, 0.5) is 11.4 Å². The molecule has 2 aromatic rings. The number of nitrogens with zero attached hydrogens (tertiary/aromatic N) is 2. The fourth-order valence-electron chi connectivity index (χ4n) is 2.52. The maximum atomic E-state index is 12.7. The van der Waals surface area contributed by atoms with Gasteiger partial charge in [0.1, 0.15) is 6.54 Å². The van der Waals surface area contributed by atoms with Gasteiger partial charge in [-0.1, -0.05) is 24.3 Å². The van der Waals surface area contributed by atoms with Gasteiger partial charge in [-0.3, -0.25) is 4.79 Å². The fourth-order valence-corrected chi connectivity index (χ4v) is 3.58. The molecule has 0 aliphatic carbocycles. The molecule has 0 aliphatic rings. The van der Waals surface area contributed by atoms with Gasteiger partial charge in [0.15, 0.2) is 0 Å². The van der Waals surface area contributed by atoms with Crippen molar-refractivity contribution in [1.82, 2.24) is 4.31 Å². The number of nitrogens with one attached hydrogen (secondary N) is 1. The Morgan fingerprint density at radius 2 is 1.72 bits per heavy atom. The van der Waals surface area contributed by atoms with Gasteiger partial charge in [-0.05, 0) is 43.7 Å². The Labute approximate surface area is 171 Å². The number of hydrogen-bond acceptors (Lipinski definition) is 5. The van der Waals surface area contributed by atoms with E-state index in [9.17, 15) is 18.0 Å². The van der Waals surface area contributed by atoms with Crippen molar-refractivity contribution in [2.45, 2.75) is 13.8 Å². The minimum Gasteiger partial charge on any atom is -0.462 e. The minimum absolute atomic E-state index is 0.239. The molecular weight excluding hydrogens is 394 g/mol. The molecule has 8 nitrogen and oxygen atoms in total. The van der Waals surface area contributed by atoms with E-state index in [4.69, 9.17) is 4.74 Å². The molecular formula is C20H25N3O5S. The number of rotatable bonds is 8. The number of hydrogen-bond donors (Lipinski definition) is 1. The third-order valence-electron chi connectivity index (χ3n) is 4.09. The zero-order valence-electron chi connectivity index (χ0n) is 16.9. The van der Waals surface area contributed by atoms with E-state index in [0.717, 1.165) is 14.2 Å². The topological polar surface area (TPSA) is 96.0 Å². The summed E-state index contributed by atoms with van der Waals surface area (Å²) in [6.07, 6.45) is 0. The summed E-state index contributed by atoms with van der Waals surface area (Å²) in [4.78, 5) is 24.6. The molecule has 2 rings (SSSR count). The van der Waals surface area contributed by atoms with E-state index in [0.29, 0.717) is 16.9 Å². The van der Waals surface area contributed by atoms with E-state index < -0.39 is 28.6 Å². The summed E-state index contributed by atoms with van der Waals surface area (Å²) < 4.78 is 32.5. The number of carbonyl (C=O) groups excluding carboxylic acids is 2. The molecule has 0 fully saturated rings. The molecule has 0 spiro atoms. The average Bonchev–Trinajstić information content (AvgIpc) is 2.68. The van der Waals surface area contributed by atoms with E-state index >= 15 is 0 Å². The molecule has 9 heteroatoms. The molecule has 1 N–H and O–H groups in total. The SMILES string of the molecule is CCOC(=O)c1ccc(C)c(NC(=O)CN(c2ccccc2)S(=O)(=O)N(C)C)c1. The lowest BCUT2D eigenvalue weighted by Gasteiger charge is -2.27. The molecule has 0 heterocycles. The third kappa shape index (κ3) is 5.55. The van der Waals surface area contributed by atoms with Crippen LogP contribution in [0.3, 0.4) is 0 Å². The van der Waals surface area contributed by atoms with E-state index in [1.807, 2.05) is 0 Å². The highest BCUT2D eigenvalue weighted by atomic mass is 32.2. The predicted molar refractivity (Wildman–Crippen MR) is 112 cm³/mol. The molecule has 0 saturated carbocycles. The van der Waals surface area contributed by atoms with Crippen molar-refractivity contribution in [3.63, 3.8) is 0 Å². The van der Waals surface area contributed by atoms with Crippen LogP contribution < -0.4 is 9.62 Å². The van der Waals surface area contributed by atoms with Crippen molar-refractivity contribution in [3.05, 3.63) is 59.7 Å². The number of para-hydroxylation sites is 1. The van der Waals surface area contributed by atoms with Gasteiger partial charge in [0, 0.05) is 19.8 Å². The number of carbonyl (C=O) groups is 2. The van der Waals surface area contributed by atoms with Gasteiger partial charge in [0.05, 0.1) is 17.9 Å². The van der Waals surface area contributed by atoms with Gasteiger partial charge >= 0.3 is 16.2 Å². The molecule has 0 aliphatic heterocycles. The van der Waals surface area contributed by atoms with Crippen molar-refractivity contribution < 1.29 is 22.7 Å². The summed E-state index contributed by atoms with van der Waals surface area (Å²) in [7, 11) is -1.09. The van der Waals surface area contributed by atoms with E-state index in [2.05, 4.69) is 5.32 Å². The van der Waals surface area contributed by atoms with Crippen LogP contribution in [-0.4, -0.2) is 51.8 Å². The van der Waals surface area contributed by atoms with Gasteiger partial charge in [0.25, 0.3) is 0 Å². The maximum Gasteiger partial charge on any atom is 0.338 e. The molecule has 0 bridgehead atoms. The highest BCUT2D eigenvalue weighted by Crippen LogP contribution is 2.21. The zero-order chi connectivity index (χ0) is 21.6. The fraction of sp³-hybridized carbons (Fsp3) is 0.300. The first-order valence-corrected chi connectivity index (χ1v) is 10.4. The van der Waals surface area contributed by atoms with Crippen LogP contribution in [0.15, 0.2) is 48.5 Å². The number of aryl methyl sites for hydroxylation is 1. The van der Waals surface area contributed by atoms with Gasteiger partial charge in [-0.25, -0.2) is 9.10 Å². The number of ether oxygens (including phenoxy) is 1. The van der Waals surface area contributed by atoms with Crippen molar-refractivity contribution in [2.24, 2.45) is 0 Å². The van der Waals surface area contributed by atoms with Crippen molar-refractivity contribution in [1.29, 1.82) is 0 Å². The molecule has 29 heavy (non-hydrogen) atoms. The second-order valence-electron chi connectivity index (χ2n) is 6.43. The van der Waals surface area contributed by atoms with Crippen molar-refractivity contribution in [2.75, 3.05) is 36.9 Å². The molecule has 156 valence electrons. The van der Waals surface area contributed by atoms with Crippen LogP contribution in [0.1, 0.15) is 22.8 Å². The monoisotopic (exact) mass is 419 g/mol. The van der Waals surface area contributed by atoms with Crippen LogP contribution in [0.25, 0.3) is 0 Å². The normalized spacial score (nSPS) is 11.2. The average molecular weight is 420 g/mol. The number of esters is 1. The summed E-state index contributed by atoms with van der Waals surface area (Å²) >= 11 is 0. The summed E-state index contributed by atoms with van der Waals surface area (Å²) in [6.45, 7) is 3.30. The Kier molecular flexibility index (Phi) is 7.35. The number of anilines is 2. The Hall–Kier alpha value is -2.91. The lowest BCUT2D eigenvalue weighted by atomic mass is 10.1. The predicted octanol–water partition coefficient (Wildman–Crippen LogP) is 2.42. The van der Waals surface area contributed by atoms with Gasteiger partial charge < -0.3 is 10.1 Å². The lowest BCUT2D eigenvalue weighted by molar-refractivity contribution is -0.114. The zero-order valence-corrected chi connectivity index (χ0v) is 17.7. The van der Waals surface area contributed by atoms with Crippen molar-refractivity contribution in [3.8, 4) is 0 Å². The Morgan fingerprint density at radius 3 is 2.31 bits per heavy atom. The quantitative estimate of drug-likeness (QED) is 0.663. The Morgan fingerprint density at radius 1 is 1.07 bits per heavy atom. The first kappa shape index (κ1) is 22.4. The highest BCUT2D eigenvalue weighted by molar-refractivity contribution is 7.90. The molecule has 0 radical (unpaired) electrons. The van der Waals surface area contributed by atoms with Crippen molar-refractivity contribution >= 4 is 33.5 Å². The number of amides is 1. The first-order chi connectivity index (χ1) is 13.7. The Bertz CT molecular complexity index is 975. The van der Waals surface area contributed by atoms with Crippen LogP contribution >= 0.6 is 0 Å². The maximum absolute atomic E-state index is 12.7. The van der Waals surface area contributed by atoms with Gasteiger partial charge in [-0.2, -0.15) is 12.7 Å². The molecule has 0 saturated heterocycles. The lowest BCUT2D eigenvalue weighted by Crippen LogP contribution is -2.44. The van der Waals surface area contributed by atoms with Crippen LogP contribution in [0.2, 0.25) is 0 Å². The first-order valence-electron chi connectivity index (χ1n) is 8.99. The van der Waals surface area contributed by atoms with Crippen LogP contribution in [0, 0.1) is 6.92 Å². The summed E-state index contributed by atoms with van der Waals surface area (Å²) in [5.41, 5.74) is 1.81. The Balaban J connectivity index is 2.27. The summed E-state index contributed by atoms with van der Waals surface area (Å²) in [5, 5.41) is 2.69. The third-order valence-corrected chi connectivity index (χ3v) is 5.91. The minimum atomic E-state index is -3.89. The molecule has 2 aromatic carbocycles. The second-order valence-corrected chi connectivity index (χ2v) is 8.50. The smallest absolute Gasteiger partial charge is 0.338 e. The highest BCUT2D eigenvalue weighted by Gasteiger charge is 2.27. The van der Waals surface area contributed by atoms with Gasteiger partial charge in [0.2, 0.25) is 5.91 Å². The largest absolute Gasteiger partial charge is 0.462 e. The van der Waals surface area contributed by atoms with Gasteiger partial charge in [-0.15, -0.1) is 0 Å². The second kappa shape index (κ2) is 9.53. The molecule has 1 amide bonds.